The van der Waals surface area contributed by atoms with Crippen molar-refractivity contribution in [3.63, 3.8) is 0 Å². The highest BCUT2D eigenvalue weighted by atomic mass is 32.2. The van der Waals surface area contributed by atoms with E-state index in [0.29, 0.717) is 82.9 Å². The van der Waals surface area contributed by atoms with E-state index < -0.39 is 39.3 Å². The molecule has 0 aromatic heterocycles. The van der Waals surface area contributed by atoms with Crippen LogP contribution in [0.15, 0.2) is 24.3 Å². The first-order valence-electron chi connectivity index (χ1n) is 16.6. The van der Waals surface area contributed by atoms with Crippen molar-refractivity contribution in [1.82, 2.24) is 24.3 Å². The number of urea groups is 1. The van der Waals surface area contributed by atoms with E-state index in [4.69, 9.17) is 9.47 Å². The monoisotopic (exact) mass is 692 g/mol. The number of nitrogens with one attached hydrogen (secondary N) is 2. The highest BCUT2D eigenvalue weighted by Crippen LogP contribution is 2.28. The molecule has 4 amide bonds. The minimum absolute atomic E-state index is 0.114. The number of anilines is 1. The first kappa shape index (κ1) is 37.4. The molecule has 0 unspecified atom stereocenters. The predicted molar refractivity (Wildman–Crippen MR) is 181 cm³/mol. The summed E-state index contributed by atoms with van der Waals surface area (Å²) in [6.45, 7) is 14.3. The number of piperazine rings is 1. The Morgan fingerprint density at radius 2 is 1.44 bits per heavy atom. The summed E-state index contributed by atoms with van der Waals surface area (Å²) in [5, 5.41) is 5.75. The molecule has 0 radical (unpaired) electrons. The third-order valence-corrected chi connectivity index (χ3v) is 10.00. The fourth-order valence-corrected chi connectivity index (χ4v) is 7.07. The van der Waals surface area contributed by atoms with Crippen LogP contribution in [0.25, 0.3) is 0 Å². The number of rotatable bonds is 7. The lowest BCUT2D eigenvalue weighted by molar-refractivity contribution is -0.119. The van der Waals surface area contributed by atoms with Crippen LogP contribution >= 0.6 is 0 Å². The molecule has 3 fully saturated rings. The molecule has 15 heteroatoms. The summed E-state index contributed by atoms with van der Waals surface area (Å²) in [6.07, 6.45) is 2.55. The van der Waals surface area contributed by atoms with E-state index in [1.165, 1.54) is 10.6 Å². The number of ether oxygens (including phenoxy) is 2. The fraction of sp³-hybridized carbons (Fsp3) is 0.697. The van der Waals surface area contributed by atoms with Gasteiger partial charge < -0.3 is 29.9 Å². The summed E-state index contributed by atoms with van der Waals surface area (Å²) in [5.41, 5.74) is -0.370. The molecule has 0 saturated carbocycles. The van der Waals surface area contributed by atoms with E-state index in [1.54, 1.807) is 54.8 Å². The molecule has 48 heavy (non-hydrogen) atoms. The number of carbonyl (C=O) groups is 4. The van der Waals surface area contributed by atoms with Gasteiger partial charge >= 0.3 is 18.1 Å². The van der Waals surface area contributed by atoms with Crippen LogP contribution in [0.3, 0.4) is 0 Å². The molecule has 4 rings (SSSR count). The highest BCUT2D eigenvalue weighted by Gasteiger charge is 2.44. The molecule has 0 aliphatic carbocycles. The van der Waals surface area contributed by atoms with Gasteiger partial charge in [-0.2, -0.15) is 4.31 Å². The van der Waals surface area contributed by atoms with Crippen molar-refractivity contribution in [1.29, 1.82) is 0 Å². The van der Waals surface area contributed by atoms with Gasteiger partial charge in [-0.15, -0.1) is 0 Å². The van der Waals surface area contributed by atoms with Gasteiger partial charge in [-0.05, 0) is 91.0 Å². The normalized spacial score (nSPS) is 21.9. The third kappa shape index (κ3) is 10.5. The number of hydrogen-bond donors (Lipinski definition) is 2. The summed E-state index contributed by atoms with van der Waals surface area (Å²) < 4.78 is 36.3. The summed E-state index contributed by atoms with van der Waals surface area (Å²) in [4.78, 5) is 57.8. The van der Waals surface area contributed by atoms with Gasteiger partial charge in [0.1, 0.15) is 17.2 Å². The topological polar surface area (TPSA) is 158 Å². The van der Waals surface area contributed by atoms with Crippen molar-refractivity contribution in [3.8, 4) is 0 Å². The molecule has 268 valence electrons. The first-order valence-corrected chi connectivity index (χ1v) is 18.5. The number of carbonyl (C=O) groups excluding carboxylic acids is 4. The number of esters is 1. The van der Waals surface area contributed by atoms with Gasteiger partial charge in [-0.1, -0.05) is 0 Å². The second-order valence-corrected chi connectivity index (χ2v) is 16.9. The van der Waals surface area contributed by atoms with Gasteiger partial charge in [-0.3, -0.25) is 9.69 Å². The SMILES string of the molecule is CC(C)(C)OC(=O)NCC1CCN(C(=O)N2C[C@@H](N3CCN(S(C)(=O)=O)CC3)C[C@H]2C(=O)Nc2ccc(C(=O)OC(C)(C)C)cc2)CC1. The van der Waals surface area contributed by atoms with Gasteiger partial charge in [0.2, 0.25) is 15.9 Å². The number of piperidine rings is 1. The summed E-state index contributed by atoms with van der Waals surface area (Å²) in [6, 6.07) is 5.38. The maximum absolute atomic E-state index is 14.0. The Hall–Kier alpha value is -3.43. The van der Waals surface area contributed by atoms with Crippen LogP contribution < -0.4 is 10.6 Å². The standard InChI is InChI=1S/C33H52N6O8S/c1-32(2,3)46-29(41)24-8-10-25(11-9-24)35-28(40)27-20-26(36-16-18-38(19-17-36)48(7,44)45)22-39(27)31(43)37-14-12-23(13-15-37)21-34-30(42)47-33(4,5)6/h8-11,23,26-27H,12-22H2,1-7H3,(H,34,42)(H,35,40)/t26-,27-/m0/s1. The second kappa shape index (κ2) is 15.0. The Labute approximate surface area is 284 Å². The largest absolute Gasteiger partial charge is 0.456 e. The van der Waals surface area contributed by atoms with E-state index in [2.05, 4.69) is 15.5 Å². The van der Waals surface area contributed by atoms with Crippen LogP contribution in [0.5, 0.6) is 0 Å². The number of likely N-dealkylation sites (tertiary alicyclic amines) is 2. The van der Waals surface area contributed by atoms with Crippen molar-refractivity contribution in [2.75, 3.05) is 63.9 Å². The van der Waals surface area contributed by atoms with Crippen LogP contribution in [0.2, 0.25) is 0 Å². The lowest BCUT2D eigenvalue weighted by Gasteiger charge is -2.37. The predicted octanol–water partition coefficient (Wildman–Crippen LogP) is 2.96. The molecule has 3 heterocycles. The Bertz CT molecular complexity index is 1420. The van der Waals surface area contributed by atoms with Crippen LogP contribution in [-0.2, 0) is 24.3 Å². The number of hydrogen-bond acceptors (Lipinski definition) is 9. The zero-order valence-electron chi connectivity index (χ0n) is 29.3. The van der Waals surface area contributed by atoms with Crippen LogP contribution in [0.4, 0.5) is 15.3 Å². The maximum Gasteiger partial charge on any atom is 0.407 e. The molecule has 0 spiro atoms. The minimum Gasteiger partial charge on any atom is -0.456 e. The van der Waals surface area contributed by atoms with Crippen LogP contribution in [-0.4, -0.2) is 133 Å². The van der Waals surface area contributed by atoms with E-state index in [9.17, 15) is 27.6 Å². The number of sulfonamides is 1. The number of alkyl carbamates (subject to hydrolysis) is 1. The molecule has 2 atom stereocenters. The fourth-order valence-electron chi connectivity index (χ4n) is 6.24. The molecule has 1 aromatic rings. The number of nitrogens with zero attached hydrogens (tertiary/aromatic N) is 4. The average Bonchev–Trinajstić information content (AvgIpc) is 3.44. The van der Waals surface area contributed by atoms with Gasteiger partial charge in [0, 0.05) is 64.1 Å². The second-order valence-electron chi connectivity index (χ2n) is 14.9. The number of benzene rings is 1. The van der Waals surface area contributed by atoms with E-state index in [-0.39, 0.29) is 23.9 Å². The maximum atomic E-state index is 14.0. The molecular weight excluding hydrogens is 640 g/mol. The lowest BCUT2D eigenvalue weighted by Crippen LogP contribution is -2.53. The van der Waals surface area contributed by atoms with Gasteiger partial charge in [0.15, 0.2) is 0 Å². The van der Waals surface area contributed by atoms with Gasteiger partial charge in [0.25, 0.3) is 0 Å². The van der Waals surface area contributed by atoms with E-state index >= 15 is 0 Å². The molecule has 0 bridgehead atoms. The summed E-state index contributed by atoms with van der Waals surface area (Å²) in [7, 11) is -3.30. The van der Waals surface area contributed by atoms with Crippen LogP contribution in [0.1, 0.15) is 71.2 Å². The molecule has 14 nitrogen and oxygen atoms in total. The summed E-state index contributed by atoms with van der Waals surface area (Å²) in [5.74, 6) is -0.597. The molecule has 2 N–H and O–H groups in total. The highest BCUT2D eigenvalue weighted by molar-refractivity contribution is 7.88. The molecule has 1 aromatic carbocycles. The quantitative estimate of drug-likeness (QED) is 0.410. The molecule has 3 aliphatic rings. The Balaban J connectivity index is 1.41. The minimum atomic E-state index is -3.30. The summed E-state index contributed by atoms with van der Waals surface area (Å²) >= 11 is 0. The van der Waals surface area contributed by atoms with Crippen molar-refractivity contribution in [2.24, 2.45) is 5.92 Å². The number of amides is 4. The van der Waals surface area contributed by atoms with E-state index in [0.717, 1.165) is 0 Å². The molecular formula is C33H52N6O8S. The zero-order chi connectivity index (χ0) is 35.4. The average molecular weight is 693 g/mol. The Kier molecular flexibility index (Phi) is 11.7. The van der Waals surface area contributed by atoms with Crippen LogP contribution in [0, 0.1) is 5.92 Å². The van der Waals surface area contributed by atoms with Crippen molar-refractivity contribution in [2.45, 2.75) is 84.1 Å². The van der Waals surface area contributed by atoms with Crippen molar-refractivity contribution >= 4 is 39.7 Å². The third-order valence-electron chi connectivity index (χ3n) is 8.69. The van der Waals surface area contributed by atoms with Crippen molar-refractivity contribution < 1.29 is 37.1 Å². The zero-order valence-corrected chi connectivity index (χ0v) is 30.1. The van der Waals surface area contributed by atoms with Gasteiger partial charge in [0.05, 0.1) is 11.8 Å². The van der Waals surface area contributed by atoms with Gasteiger partial charge in [-0.25, -0.2) is 22.8 Å². The Morgan fingerprint density at radius 1 is 0.854 bits per heavy atom. The Morgan fingerprint density at radius 3 is 1.98 bits per heavy atom. The van der Waals surface area contributed by atoms with Crippen molar-refractivity contribution in [3.05, 3.63) is 29.8 Å². The smallest absolute Gasteiger partial charge is 0.407 e. The lowest BCUT2D eigenvalue weighted by atomic mass is 9.97. The van der Waals surface area contributed by atoms with E-state index in [1.807, 2.05) is 20.8 Å². The molecule has 3 aliphatic heterocycles. The first-order chi connectivity index (χ1) is 22.3. The molecule has 3 saturated heterocycles.